The average molecular weight is 235 g/mol. The van der Waals surface area contributed by atoms with Crippen LogP contribution in [-0.2, 0) is 5.88 Å². The number of fused-ring (bicyclic) bond motifs is 3. The first kappa shape index (κ1) is 9.35. The van der Waals surface area contributed by atoms with Gasteiger partial charge in [0.05, 0.1) is 17.0 Å². The quantitative estimate of drug-likeness (QED) is 0.646. The summed E-state index contributed by atoms with van der Waals surface area (Å²) in [5, 5.41) is 3.70. The van der Waals surface area contributed by atoms with Crippen LogP contribution >= 0.6 is 11.6 Å². The van der Waals surface area contributed by atoms with Gasteiger partial charge in [0, 0.05) is 12.3 Å². The molecule has 0 saturated carbocycles. The SMILES string of the molecule is O=c1cc(CCl)nc2c3cccnc3[nH]n12. The Labute approximate surface area is 94.7 Å². The van der Waals surface area contributed by atoms with Gasteiger partial charge in [-0.05, 0) is 12.1 Å². The summed E-state index contributed by atoms with van der Waals surface area (Å²) in [4.78, 5) is 20.2. The topological polar surface area (TPSA) is 63.0 Å². The molecule has 0 fully saturated rings. The van der Waals surface area contributed by atoms with Gasteiger partial charge in [-0.1, -0.05) is 0 Å². The van der Waals surface area contributed by atoms with E-state index in [1.54, 1.807) is 12.3 Å². The number of alkyl halides is 1. The number of H-pyrrole nitrogens is 1. The summed E-state index contributed by atoms with van der Waals surface area (Å²) in [6, 6.07) is 5.07. The van der Waals surface area contributed by atoms with E-state index in [9.17, 15) is 4.79 Å². The number of pyridine rings is 1. The van der Waals surface area contributed by atoms with Crippen molar-refractivity contribution in [3.63, 3.8) is 0 Å². The number of halogens is 1. The van der Waals surface area contributed by atoms with E-state index in [4.69, 9.17) is 11.6 Å². The molecule has 0 amide bonds. The molecule has 0 aliphatic rings. The van der Waals surface area contributed by atoms with E-state index in [1.165, 1.54) is 10.6 Å². The van der Waals surface area contributed by atoms with Crippen LogP contribution in [0.2, 0.25) is 0 Å². The van der Waals surface area contributed by atoms with Crippen molar-refractivity contribution in [1.29, 1.82) is 0 Å². The van der Waals surface area contributed by atoms with E-state index >= 15 is 0 Å². The first-order valence-electron chi connectivity index (χ1n) is 4.71. The van der Waals surface area contributed by atoms with Crippen molar-refractivity contribution < 1.29 is 0 Å². The lowest BCUT2D eigenvalue weighted by Gasteiger charge is -1.95. The van der Waals surface area contributed by atoms with E-state index < -0.39 is 0 Å². The van der Waals surface area contributed by atoms with E-state index in [0.717, 1.165) is 5.39 Å². The minimum Gasteiger partial charge on any atom is -0.272 e. The number of hydrogen-bond donors (Lipinski definition) is 1. The van der Waals surface area contributed by atoms with Gasteiger partial charge >= 0.3 is 0 Å². The summed E-state index contributed by atoms with van der Waals surface area (Å²) >= 11 is 5.68. The van der Waals surface area contributed by atoms with E-state index in [1.807, 2.05) is 6.07 Å². The second-order valence-electron chi connectivity index (χ2n) is 3.39. The maximum atomic E-state index is 11.7. The predicted molar refractivity (Wildman–Crippen MR) is 60.7 cm³/mol. The largest absolute Gasteiger partial charge is 0.273 e. The average Bonchev–Trinajstić information content (AvgIpc) is 2.68. The molecule has 80 valence electrons. The lowest BCUT2D eigenvalue weighted by atomic mass is 10.3. The maximum absolute atomic E-state index is 11.7. The minimum absolute atomic E-state index is 0.182. The van der Waals surface area contributed by atoms with Crippen LogP contribution in [-0.4, -0.2) is 19.6 Å². The zero-order chi connectivity index (χ0) is 11.1. The van der Waals surface area contributed by atoms with E-state index in [-0.39, 0.29) is 11.4 Å². The summed E-state index contributed by atoms with van der Waals surface area (Å²) in [7, 11) is 0. The molecule has 0 saturated heterocycles. The van der Waals surface area contributed by atoms with Crippen molar-refractivity contribution in [2.24, 2.45) is 0 Å². The highest BCUT2D eigenvalue weighted by Gasteiger charge is 2.08. The van der Waals surface area contributed by atoms with Gasteiger partial charge in [0.25, 0.3) is 5.56 Å². The highest BCUT2D eigenvalue weighted by Crippen LogP contribution is 2.14. The molecule has 0 bridgehead atoms. The van der Waals surface area contributed by atoms with Gasteiger partial charge in [0.1, 0.15) is 0 Å². The van der Waals surface area contributed by atoms with Crippen molar-refractivity contribution >= 4 is 28.3 Å². The van der Waals surface area contributed by atoms with Gasteiger partial charge in [0.2, 0.25) is 0 Å². The molecule has 0 atom stereocenters. The van der Waals surface area contributed by atoms with Gasteiger partial charge in [0.15, 0.2) is 11.3 Å². The Morgan fingerprint density at radius 3 is 3.19 bits per heavy atom. The molecule has 6 heteroatoms. The number of nitrogens with zero attached hydrogens (tertiary/aromatic N) is 3. The molecule has 3 aromatic heterocycles. The molecule has 3 rings (SSSR count). The Morgan fingerprint density at radius 1 is 1.50 bits per heavy atom. The fourth-order valence-corrected chi connectivity index (χ4v) is 1.80. The Bertz CT molecular complexity index is 730. The fourth-order valence-electron chi connectivity index (χ4n) is 1.67. The number of aromatic amines is 1. The van der Waals surface area contributed by atoms with Crippen LogP contribution in [0.15, 0.2) is 29.2 Å². The van der Waals surface area contributed by atoms with Crippen LogP contribution in [0.1, 0.15) is 5.69 Å². The standard InChI is InChI=1S/C10H7ClN4O/c11-5-6-4-8(16)15-10(13-6)7-2-1-3-12-9(7)14-15/h1-4H,5H2,(H,12,14). The van der Waals surface area contributed by atoms with Gasteiger partial charge in [-0.3, -0.25) is 9.89 Å². The minimum atomic E-state index is -0.182. The van der Waals surface area contributed by atoms with Crippen LogP contribution in [0.25, 0.3) is 16.7 Å². The highest BCUT2D eigenvalue weighted by molar-refractivity contribution is 6.16. The summed E-state index contributed by atoms with van der Waals surface area (Å²) < 4.78 is 1.37. The monoisotopic (exact) mass is 234 g/mol. The third-order valence-corrected chi connectivity index (χ3v) is 2.65. The van der Waals surface area contributed by atoms with E-state index in [2.05, 4.69) is 15.1 Å². The third kappa shape index (κ3) is 1.22. The zero-order valence-electron chi connectivity index (χ0n) is 8.14. The van der Waals surface area contributed by atoms with Crippen molar-refractivity contribution in [3.05, 3.63) is 40.4 Å². The van der Waals surface area contributed by atoms with Gasteiger partial charge in [-0.2, -0.15) is 4.52 Å². The lowest BCUT2D eigenvalue weighted by Crippen LogP contribution is -2.14. The normalized spacial score (nSPS) is 11.3. The molecular formula is C10H7ClN4O. The highest BCUT2D eigenvalue weighted by atomic mass is 35.5. The fraction of sp³-hybridized carbons (Fsp3) is 0.100. The first-order chi connectivity index (χ1) is 7.79. The number of aromatic nitrogens is 4. The number of nitrogens with one attached hydrogen (secondary N) is 1. The molecule has 0 unspecified atom stereocenters. The molecule has 1 N–H and O–H groups in total. The third-order valence-electron chi connectivity index (χ3n) is 2.38. The second kappa shape index (κ2) is 3.31. The van der Waals surface area contributed by atoms with Crippen molar-refractivity contribution in [1.82, 2.24) is 19.6 Å². The van der Waals surface area contributed by atoms with Gasteiger partial charge < -0.3 is 0 Å². The molecule has 0 aliphatic carbocycles. The first-order valence-corrected chi connectivity index (χ1v) is 5.24. The van der Waals surface area contributed by atoms with Gasteiger partial charge in [-0.15, -0.1) is 11.6 Å². The van der Waals surface area contributed by atoms with Crippen molar-refractivity contribution in [2.45, 2.75) is 5.88 Å². The molecule has 0 aromatic carbocycles. The molecule has 16 heavy (non-hydrogen) atoms. The molecule has 0 radical (unpaired) electrons. The number of rotatable bonds is 1. The summed E-state index contributed by atoms with van der Waals surface area (Å²) in [5.74, 6) is 0.221. The van der Waals surface area contributed by atoms with Crippen LogP contribution in [0.4, 0.5) is 0 Å². The Kier molecular flexibility index (Phi) is 1.94. The molecule has 5 nitrogen and oxygen atoms in total. The van der Waals surface area contributed by atoms with Crippen molar-refractivity contribution in [2.75, 3.05) is 0 Å². The van der Waals surface area contributed by atoms with E-state index in [0.29, 0.717) is 17.0 Å². The van der Waals surface area contributed by atoms with Crippen LogP contribution in [0.3, 0.4) is 0 Å². The number of hydrogen-bond acceptors (Lipinski definition) is 3. The lowest BCUT2D eigenvalue weighted by molar-refractivity contribution is 0.895. The van der Waals surface area contributed by atoms with Crippen LogP contribution < -0.4 is 5.56 Å². The summed E-state index contributed by atoms with van der Waals surface area (Å²) in [6.07, 6.45) is 1.66. The second-order valence-corrected chi connectivity index (χ2v) is 3.66. The van der Waals surface area contributed by atoms with Gasteiger partial charge in [-0.25, -0.2) is 9.97 Å². The van der Waals surface area contributed by atoms with Crippen LogP contribution in [0.5, 0.6) is 0 Å². The Balaban J connectivity index is 2.56. The molecule has 0 spiro atoms. The predicted octanol–water partition coefficient (Wildman–Crippen LogP) is 1.31. The molecule has 3 heterocycles. The molecular weight excluding hydrogens is 228 g/mol. The zero-order valence-corrected chi connectivity index (χ0v) is 8.90. The summed E-state index contributed by atoms with van der Waals surface area (Å²) in [6.45, 7) is 0. The smallest absolute Gasteiger partial charge is 0.272 e. The summed E-state index contributed by atoms with van der Waals surface area (Å²) in [5.41, 5.74) is 1.58. The Morgan fingerprint density at radius 2 is 2.38 bits per heavy atom. The Hall–Kier alpha value is -1.88. The molecule has 3 aromatic rings. The van der Waals surface area contributed by atoms with Crippen molar-refractivity contribution in [3.8, 4) is 0 Å². The molecule has 0 aliphatic heterocycles. The van der Waals surface area contributed by atoms with Crippen LogP contribution in [0, 0.1) is 0 Å². The maximum Gasteiger partial charge on any atom is 0.273 e.